The Morgan fingerprint density at radius 1 is 1.04 bits per heavy atom. The zero-order chi connectivity index (χ0) is 18.4. The molecule has 130 valence electrons. The molecule has 0 bridgehead atoms. The van der Waals surface area contributed by atoms with E-state index < -0.39 is 17.7 Å². The fraction of sp³-hybridized carbons (Fsp3) is 0.211. The van der Waals surface area contributed by atoms with Crippen molar-refractivity contribution in [2.24, 2.45) is 0 Å². The zero-order valence-electron chi connectivity index (χ0n) is 13.9. The number of carboxylic acid groups (broad SMARTS) is 1. The van der Waals surface area contributed by atoms with Crippen LogP contribution in [0.3, 0.4) is 0 Å². The largest absolute Gasteiger partial charge is 0.489 e. The molecule has 1 N–H and O–H groups in total. The van der Waals surface area contributed by atoms with Crippen molar-refractivity contribution in [2.45, 2.75) is 20.5 Å². The predicted molar refractivity (Wildman–Crippen MR) is 90.1 cm³/mol. The fourth-order valence-electron chi connectivity index (χ4n) is 2.36. The van der Waals surface area contributed by atoms with E-state index in [9.17, 15) is 19.5 Å². The van der Waals surface area contributed by atoms with Gasteiger partial charge in [-0.15, -0.1) is 0 Å². The highest BCUT2D eigenvalue weighted by atomic mass is 16.5. The van der Waals surface area contributed by atoms with Crippen LogP contribution in [0.15, 0.2) is 42.5 Å². The smallest absolute Gasteiger partial charge is 0.339 e. The highest BCUT2D eigenvalue weighted by Crippen LogP contribution is 2.25. The number of rotatable bonds is 7. The first kappa shape index (κ1) is 18.2. The van der Waals surface area contributed by atoms with Gasteiger partial charge in [0.05, 0.1) is 17.7 Å². The summed E-state index contributed by atoms with van der Waals surface area (Å²) in [6.45, 7) is 3.13. The normalized spacial score (nSPS) is 10.2. The van der Waals surface area contributed by atoms with Gasteiger partial charge in [-0.2, -0.15) is 0 Å². The maximum Gasteiger partial charge on any atom is 0.339 e. The molecule has 0 fully saturated rings. The summed E-state index contributed by atoms with van der Waals surface area (Å²) in [7, 11) is 0. The number of aromatic carboxylic acids is 1. The molecule has 6 nitrogen and oxygen atoms in total. The van der Waals surface area contributed by atoms with Crippen LogP contribution in [0.1, 0.15) is 50.5 Å². The van der Waals surface area contributed by atoms with Gasteiger partial charge in [0.1, 0.15) is 12.4 Å². The summed E-state index contributed by atoms with van der Waals surface area (Å²) in [6.07, 6.45) is 0. The van der Waals surface area contributed by atoms with Gasteiger partial charge in [0, 0.05) is 5.56 Å². The van der Waals surface area contributed by atoms with Crippen molar-refractivity contribution in [3.63, 3.8) is 0 Å². The van der Waals surface area contributed by atoms with Gasteiger partial charge in [-0.05, 0) is 31.5 Å². The number of ketones is 1. The zero-order valence-corrected chi connectivity index (χ0v) is 13.9. The Balaban J connectivity index is 2.45. The number of esters is 1. The highest BCUT2D eigenvalue weighted by Gasteiger charge is 2.24. The molecule has 0 aliphatic rings. The number of carbonyl (C=O) groups is 3. The van der Waals surface area contributed by atoms with Gasteiger partial charge in [0.25, 0.3) is 0 Å². The van der Waals surface area contributed by atoms with Gasteiger partial charge in [-0.3, -0.25) is 4.79 Å². The van der Waals surface area contributed by atoms with Crippen molar-refractivity contribution in [3.05, 3.63) is 64.7 Å². The van der Waals surface area contributed by atoms with Crippen molar-refractivity contribution >= 4 is 17.7 Å². The molecule has 0 amide bonds. The molecule has 6 heteroatoms. The van der Waals surface area contributed by atoms with Crippen molar-refractivity contribution in [1.29, 1.82) is 0 Å². The van der Waals surface area contributed by atoms with E-state index in [4.69, 9.17) is 9.47 Å². The highest BCUT2D eigenvalue weighted by molar-refractivity contribution is 6.12. The minimum atomic E-state index is -1.32. The van der Waals surface area contributed by atoms with Crippen molar-refractivity contribution in [1.82, 2.24) is 0 Å². The lowest BCUT2D eigenvalue weighted by atomic mass is 9.97. The van der Waals surface area contributed by atoms with E-state index in [1.54, 1.807) is 6.92 Å². The van der Waals surface area contributed by atoms with Crippen LogP contribution in [0.4, 0.5) is 0 Å². The SMILES string of the molecule is CCOC(=O)c1cc(OCc2ccccc2)cc(C(=O)O)c1C(C)=O. The molecular weight excluding hydrogens is 324 g/mol. The molecule has 2 aromatic rings. The van der Waals surface area contributed by atoms with Gasteiger partial charge < -0.3 is 14.6 Å². The van der Waals surface area contributed by atoms with Crippen LogP contribution < -0.4 is 4.74 Å². The Labute approximate surface area is 145 Å². The number of ether oxygens (including phenoxy) is 2. The van der Waals surface area contributed by atoms with Crippen molar-refractivity contribution in [3.8, 4) is 5.75 Å². The number of hydrogen-bond acceptors (Lipinski definition) is 5. The van der Waals surface area contributed by atoms with Crippen LogP contribution in [0.5, 0.6) is 5.75 Å². The summed E-state index contributed by atoms with van der Waals surface area (Å²) < 4.78 is 10.5. The summed E-state index contributed by atoms with van der Waals surface area (Å²) in [5.41, 5.74) is 0.296. The van der Waals surface area contributed by atoms with Crippen LogP contribution in [0.25, 0.3) is 0 Å². The van der Waals surface area contributed by atoms with Crippen LogP contribution in [-0.4, -0.2) is 29.4 Å². The summed E-state index contributed by atoms with van der Waals surface area (Å²) in [5.74, 6) is -2.44. The Morgan fingerprint density at radius 2 is 1.68 bits per heavy atom. The van der Waals surface area contributed by atoms with Gasteiger partial charge in [0.15, 0.2) is 5.78 Å². The summed E-state index contributed by atoms with van der Waals surface area (Å²) in [4.78, 5) is 35.6. The molecule has 0 saturated carbocycles. The van der Waals surface area contributed by atoms with E-state index in [1.165, 1.54) is 19.1 Å². The lowest BCUT2D eigenvalue weighted by molar-refractivity contribution is 0.0522. The quantitative estimate of drug-likeness (QED) is 0.613. The standard InChI is InChI=1S/C19H18O6/c1-3-24-19(23)16-10-14(25-11-13-7-5-4-6-8-13)9-15(18(21)22)17(16)12(2)20/h4-10H,3,11H2,1-2H3,(H,21,22). The van der Waals surface area contributed by atoms with Gasteiger partial charge in [0.2, 0.25) is 0 Å². The number of Topliss-reactive ketones (excluding diaryl/α,β-unsaturated/α-hetero) is 1. The average molecular weight is 342 g/mol. The predicted octanol–water partition coefficient (Wildman–Crippen LogP) is 3.34. The number of carbonyl (C=O) groups excluding carboxylic acids is 2. The van der Waals surface area contributed by atoms with E-state index in [1.807, 2.05) is 30.3 Å². The van der Waals surface area contributed by atoms with E-state index in [0.717, 1.165) is 5.56 Å². The molecule has 0 heterocycles. The molecule has 0 aliphatic carbocycles. The van der Waals surface area contributed by atoms with Crippen LogP contribution in [-0.2, 0) is 11.3 Å². The molecule has 0 spiro atoms. The molecule has 2 rings (SSSR count). The van der Waals surface area contributed by atoms with E-state index in [2.05, 4.69) is 0 Å². The maximum atomic E-state index is 12.1. The average Bonchev–Trinajstić information content (AvgIpc) is 2.60. The molecule has 0 atom stereocenters. The van der Waals surface area contributed by atoms with Crippen molar-refractivity contribution < 1.29 is 29.0 Å². The number of carboxylic acids is 1. The first-order valence-electron chi connectivity index (χ1n) is 7.70. The second kappa shape index (κ2) is 8.10. The van der Waals surface area contributed by atoms with Gasteiger partial charge in [-0.25, -0.2) is 9.59 Å². The molecule has 25 heavy (non-hydrogen) atoms. The second-order valence-electron chi connectivity index (χ2n) is 5.25. The third-order valence-corrected chi connectivity index (χ3v) is 3.44. The van der Waals surface area contributed by atoms with E-state index >= 15 is 0 Å². The first-order valence-corrected chi connectivity index (χ1v) is 7.70. The summed E-state index contributed by atoms with van der Waals surface area (Å²) in [6, 6.07) is 11.9. The van der Waals surface area contributed by atoms with E-state index in [0.29, 0.717) is 0 Å². The topological polar surface area (TPSA) is 89.9 Å². The molecular formula is C19H18O6. The third-order valence-electron chi connectivity index (χ3n) is 3.44. The van der Waals surface area contributed by atoms with Gasteiger partial charge >= 0.3 is 11.9 Å². The number of benzene rings is 2. The fourth-order valence-corrected chi connectivity index (χ4v) is 2.36. The summed E-state index contributed by atoms with van der Waals surface area (Å²) >= 11 is 0. The monoisotopic (exact) mass is 342 g/mol. The summed E-state index contributed by atoms with van der Waals surface area (Å²) in [5, 5.41) is 9.40. The second-order valence-corrected chi connectivity index (χ2v) is 5.25. The lowest BCUT2D eigenvalue weighted by Crippen LogP contribution is -2.16. The molecule has 0 saturated heterocycles. The molecule has 0 radical (unpaired) electrons. The minimum Gasteiger partial charge on any atom is -0.489 e. The first-order chi connectivity index (χ1) is 11.9. The molecule has 0 aromatic heterocycles. The van der Waals surface area contributed by atoms with Crippen LogP contribution in [0.2, 0.25) is 0 Å². The molecule has 0 aliphatic heterocycles. The van der Waals surface area contributed by atoms with Crippen LogP contribution >= 0.6 is 0 Å². The Bertz CT molecular complexity index is 795. The third kappa shape index (κ3) is 4.44. The molecule has 2 aromatic carbocycles. The maximum absolute atomic E-state index is 12.1. The lowest BCUT2D eigenvalue weighted by Gasteiger charge is -2.13. The Hall–Kier alpha value is -3.15. The number of hydrogen-bond donors (Lipinski definition) is 1. The molecule has 0 unspecified atom stereocenters. The van der Waals surface area contributed by atoms with Gasteiger partial charge in [-0.1, -0.05) is 30.3 Å². The van der Waals surface area contributed by atoms with Crippen LogP contribution in [0, 0.1) is 0 Å². The van der Waals surface area contributed by atoms with Crippen molar-refractivity contribution in [2.75, 3.05) is 6.61 Å². The Morgan fingerprint density at radius 3 is 2.24 bits per heavy atom. The Kier molecular flexibility index (Phi) is 5.89. The van der Waals surface area contributed by atoms with E-state index in [-0.39, 0.29) is 35.7 Å². The minimum absolute atomic E-state index is 0.105.